The average Bonchev–Trinajstić information content (AvgIpc) is 2.56. The molecule has 0 heterocycles. The Labute approximate surface area is 153 Å². The third-order valence-electron chi connectivity index (χ3n) is 2.61. The normalized spacial score (nSPS) is 9.46. The Bertz CT molecular complexity index is 437. The Morgan fingerprint density at radius 1 is 0.615 bits per heavy atom. The molecule has 0 aliphatic carbocycles. The molecule has 0 aromatic rings. The first-order valence-corrected chi connectivity index (χ1v) is 8.45. The molecule has 0 rings (SSSR count). The molecule has 0 N–H and O–H groups in total. The standard InChI is InChI=1S/C10H16O5.C7H12O4/c1-4-7(11)8(9(12)14-5-2)10(13)15-6-3;1-3-10-6(8)5-7(9)11-4-2/h8H,4-6H2,1-3H3;3-5H2,1-2H3. The summed E-state index contributed by atoms with van der Waals surface area (Å²) in [6.07, 6.45) is -0.191. The number of ketones is 1. The largest absolute Gasteiger partial charge is 0.466 e. The Kier molecular flexibility index (Phi) is 15.9. The van der Waals surface area contributed by atoms with Crippen LogP contribution < -0.4 is 0 Å². The SMILES string of the molecule is CCOC(=O)C(C(=O)CC)C(=O)OCC.CCOC(=O)CC(=O)OCC. The van der Waals surface area contributed by atoms with Crippen LogP contribution in [0.3, 0.4) is 0 Å². The topological polar surface area (TPSA) is 122 Å². The molecule has 26 heavy (non-hydrogen) atoms. The average molecular weight is 376 g/mol. The van der Waals surface area contributed by atoms with Gasteiger partial charge in [0.25, 0.3) is 0 Å². The maximum atomic E-state index is 11.3. The van der Waals surface area contributed by atoms with Gasteiger partial charge in [-0.1, -0.05) is 6.92 Å². The number of carbonyl (C=O) groups is 5. The van der Waals surface area contributed by atoms with E-state index in [1.165, 1.54) is 0 Å². The summed E-state index contributed by atoms with van der Waals surface area (Å²) in [6.45, 7) is 9.00. The van der Waals surface area contributed by atoms with Crippen LogP contribution in [0, 0.1) is 5.92 Å². The Hall–Kier alpha value is -2.45. The summed E-state index contributed by atoms with van der Waals surface area (Å²) >= 11 is 0. The molecule has 9 nitrogen and oxygen atoms in total. The lowest BCUT2D eigenvalue weighted by Gasteiger charge is -2.12. The highest BCUT2D eigenvalue weighted by atomic mass is 16.6. The molecule has 0 spiro atoms. The van der Waals surface area contributed by atoms with Crippen LogP contribution in [0.4, 0.5) is 0 Å². The van der Waals surface area contributed by atoms with Crippen LogP contribution >= 0.6 is 0 Å². The van der Waals surface area contributed by atoms with E-state index in [0.717, 1.165) is 0 Å². The summed E-state index contributed by atoms with van der Waals surface area (Å²) in [4.78, 5) is 55.2. The molecule has 0 saturated heterocycles. The van der Waals surface area contributed by atoms with Gasteiger partial charge in [0.15, 0.2) is 5.78 Å². The molecular formula is C17H28O9. The second kappa shape index (κ2) is 16.0. The molecule has 9 heteroatoms. The molecule has 0 saturated carbocycles. The smallest absolute Gasteiger partial charge is 0.328 e. The quantitative estimate of drug-likeness (QED) is 0.314. The molecule has 0 aliphatic heterocycles. The minimum absolute atomic E-state index is 0.0995. The van der Waals surface area contributed by atoms with Gasteiger partial charge in [0.05, 0.1) is 26.4 Å². The van der Waals surface area contributed by atoms with Crippen LogP contribution in [-0.2, 0) is 42.9 Å². The van der Waals surface area contributed by atoms with E-state index in [1.807, 2.05) is 0 Å². The molecule has 0 unspecified atom stereocenters. The van der Waals surface area contributed by atoms with Crippen molar-refractivity contribution in [2.75, 3.05) is 26.4 Å². The van der Waals surface area contributed by atoms with E-state index in [9.17, 15) is 24.0 Å². The third-order valence-corrected chi connectivity index (χ3v) is 2.61. The maximum Gasteiger partial charge on any atom is 0.328 e. The number of hydrogen-bond acceptors (Lipinski definition) is 9. The second-order valence-electron chi connectivity index (χ2n) is 4.54. The van der Waals surface area contributed by atoms with Crippen LogP contribution in [-0.4, -0.2) is 56.1 Å². The highest BCUT2D eigenvalue weighted by Crippen LogP contribution is 2.07. The van der Waals surface area contributed by atoms with Gasteiger partial charge in [-0.3, -0.25) is 24.0 Å². The molecular weight excluding hydrogens is 348 g/mol. The van der Waals surface area contributed by atoms with Crippen LogP contribution in [0.25, 0.3) is 0 Å². The van der Waals surface area contributed by atoms with Crippen molar-refractivity contribution in [3.8, 4) is 0 Å². The monoisotopic (exact) mass is 376 g/mol. The molecule has 150 valence electrons. The molecule has 0 aromatic carbocycles. The van der Waals surface area contributed by atoms with E-state index >= 15 is 0 Å². The van der Waals surface area contributed by atoms with Crippen molar-refractivity contribution in [2.45, 2.75) is 47.5 Å². The predicted molar refractivity (Wildman–Crippen MR) is 89.9 cm³/mol. The fourth-order valence-corrected chi connectivity index (χ4v) is 1.56. The summed E-state index contributed by atoms with van der Waals surface area (Å²) in [5.74, 6) is -4.63. The Balaban J connectivity index is 0. The first kappa shape index (κ1) is 25.8. The van der Waals surface area contributed by atoms with Gasteiger partial charge in [-0.15, -0.1) is 0 Å². The van der Waals surface area contributed by atoms with Crippen molar-refractivity contribution in [3.05, 3.63) is 0 Å². The van der Waals surface area contributed by atoms with Crippen molar-refractivity contribution in [3.63, 3.8) is 0 Å². The molecule has 0 fully saturated rings. The maximum absolute atomic E-state index is 11.3. The van der Waals surface area contributed by atoms with E-state index in [-0.39, 0.29) is 39.3 Å². The lowest BCUT2D eigenvalue weighted by atomic mass is 10.0. The molecule has 0 amide bonds. The van der Waals surface area contributed by atoms with Crippen molar-refractivity contribution in [1.29, 1.82) is 0 Å². The second-order valence-corrected chi connectivity index (χ2v) is 4.54. The van der Waals surface area contributed by atoms with E-state index in [0.29, 0.717) is 0 Å². The number of rotatable bonds is 10. The van der Waals surface area contributed by atoms with Gasteiger partial charge < -0.3 is 18.9 Å². The molecule has 0 atom stereocenters. The number of hydrogen-bond donors (Lipinski definition) is 0. The van der Waals surface area contributed by atoms with Crippen molar-refractivity contribution in [2.24, 2.45) is 5.92 Å². The van der Waals surface area contributed by atoms with Gasteiger partial charge in [-0.2, -0.15) is 0 Å². The van der Waals surface area contributed by atoms with E-state index < -0.39 is 35.6 Å². The lowest BCUT2D eigenvalue weighted by molar-refractivity contribution is -0.164. The highest BCUT2D eigenvalue weighted by Gasteiger charge is 2.35. The fraction of sp³-hybridized carbons (Fsp3) is 0.706. The predicted octanol–water partition coefficient (Wildman–Crippen LogP) is 1.21. The van der Waals surface area contributed by atoms with Gasteiger partial charge in [0.2, 0.25) is 5.92 Å². The number of ether oxygens (including phenoxy) is 4. The van der Waals surface area contributed by atoms with Crippen LogP contribution in [0.5, 0.6) is 0 Å². The van der Waals surface area contributed by atoms with E-state index in [1.54, 1.807) is 34.6 Å². The minimum atomic E-state index is -1.42. The third kappa shape index (κ3) is 12.0. The van der Waals surface area contributed by atoms with Crippen molar-refractivity contribution in [1.82, 2.24) is 0 Å². The summed E-state index contributed by atoms with van der Waals surface area (Å²) in [5.41, 5.74) is 0. The number of carbonyl (C=O) groups excluding carboxylic acids is 5. The van der Waals surface area contributed by atoms with Gasteiger partial charge in [0.1, 0.15) is 6.42 Å². The van der Waals surface area contributed by atoms with E-state index in [2.05, 4.69) is 18.9 Å². The lowest BCUT2D eigenvalue weighted by Crippen LogP contribution is -2.34. The Morgan fingerprint density at radius 2 is 0.962 bits per heavy atom. The zero-order valence-electron chi connectivity index (χ0n) is 16.0. The molecule has 0 aliphatic rings. The molecule has 0 aromatic heterocycles. The van der Waals surface area contributed by atoms with Crippen molar-refractivity contribution >= 4 is 29.7 Å². The fourth-order valence-electron chi connectivity index (χ4n) is 1.56. The molecule has 0 radical (unpaired) electrons. The summed E-state index contributed by atoms with van der Waals surface area (Å²) in [5, 5.41) is 0. The van der Waals surface area contributed by atoms with Crippen LogP contribution in [0.15, 0.2) is 0 Å². The van der Waals surface area contributed by atoms with Crippen molar-refractivity contribution < 1.29 is 42.9 Å². The number of Topliss-reactive ketones (excluding diaryl/α,β-unsaturated/α-hetero) is 1. The molecule has 0 bridgehead atoms. The minimum Gasteiger partial charge on any atom is -0.466 e. The van der Waals surface area contributed by atoms with Gasteiger partial charge in [-0.25, -0.2) is 0 Å². The summed E-state index contributed by atoms with van der Waals surface area (Å²) < 4.78 is 18.3. The van der Waals surface area contributed by atoms with Crippen LogP contribution in [0.2, 0.25) is 0 Å². The van der Waals surface area contributed by atoms with Gasteiger partial charge in [-0.05, 0) is 27.7 Å². The van der Waals surface area contributed by atoms with Gasteiger partial charge in [0, 0.05) is 6.42 Å². The first-order valence-electron chi connectivity index (χ1n) is 8.45. The highest BCUT2D eigenvalue weighted by molar-refractivity contribution is 6.14. The number of esters is 4. The zero-order chi connectivity index (χ0) is 20.5. The Morgan fingerprint density at radius 3 is 1.23 bits per heavy atom. The van der Waals surface area contributed by atoms with E-state index in [4.69, 9.17) is 0 Å². The van der Waals surface area contributed by atoms with Crippen LogP contribution in [0.1, 0.15) is 47.5 Å². The van der Waals surface area contributed by atoms with Gasteiger partial charge >= 0.3 is 23.9 Å². The zero-order valence-corrected chi connectivity index (χ0v) is 16.0. The summed E-state index contributed by atoms with van der Waals surface area (Å²) in [7, 11) is 0. The summed E-state index contributed by atoms with van der Waals surface area (Å²) in [6, 6.07) is 0. The first-order chi connectivity index (χ1) is 12.3.